The summed E-state index contributed by atoms with van der Waals surface area (Å²) in [5, 5.41) is 0. The first-order valence-corrected chi connectivity index (χ1v) is 7.91. The lowest BCUT2D eigenvalue weighted by Gasteiger charge is -2.27. The van der Waals surface area contributed by atoms with Crippen LogP contribution in [0.4, 0.5) is 5.69 Å². The molecule has 0 radical (unpaired) electrons. The van der Waals surface area contributed by atoms with Gasteiger partial charge in [0.2, 0.25) is 10.9 Å². The van der Waals surface area contributed by atoms with Crippen LogP contribution >= 0.6 is 0 Å². The van der Waals surface area contributed by atoms with Crippen LogP contribution < -0.4 is 15.8 Å². The molecular weight excluding hydrogens is 274 g/mol. The molecule has 0 heterocycles. The van der Waals surface area contributed by atoms with Gasteiger partial charge in [-0.25, -0.2) is 0 Å². The minimum Gasteiger partial charge on any atom is -0.363 e. The summed E-state index contributed by atoms with van der Waals surface area (Å²) in [4.78, 5) is 25.9. The Morgan fingerprint density at radius 2 is 1.86 bits per heavy atom. The third-order valence-corrected chi connectivity index (χ3v) is 3.90. The Kier molecular flexibility index (Phi) is 5.70. The van der Waals surface area contributed by atoms with E-state index in [4.69, 9.17) is 0 Å². The molecule has 0 unspecified atom stereocenters. The molecule has 0 aliphatic rings. The number of hydrogen-bond donors (Lipinski definition) is 0. The van der Waals surface area contributed by atoms with Gasteiger partial charge < -0.3 is 4.90 Å². The zero-order valence-corrected chi connectivity index (χ0v) is 13.2. The molecule has 0 fully saturated rings. The molecule has 0 saturated heterocycles. The molecule has 0 aliphatic carbocycles. The average molecular weight is 297 g/mol. The van der Waals surface area contributed by atoms with Crippen LogP contribution in [-0.2, 0) is 13.0 Å². The van der Waals surface area contributed by atoms with Crippen LogP contribution in [0.25, 0.3) is 0 Å². The molecule has 0 bridgehead atoms. The Hall–Kier alpha value is -2.16. The maximum absolute atomic E-state index is 12.1. The molecule has 2 rings (SSSR count). The average Bonchev–Trinajstić information content (AvgIpc) is 2.55. The number of hydrogen-bond acceptors (Lipinski definition) is 3. The second-order valence-electron chi connectivity index (χ2n) is 5.57. The molecule has 3 heteroatoms. The van der Waals surface area contributed by atoms with E-state index in [1.54, 1.807) is 0 Å². The molecule has 0 amide bonds. The smallest absolute Gasteiger partial charge is 0.249 e. The van der Waals surface area contributed by atoms with E-state index in [9.17, 15) is 9.59 Å². The largest absolute Gasteiger partial charge is 0.363 e. The Morgan fingerprint density at radius 3 is 2.50 bits per heavy atom. The van der Waals surface area contributed by atoms with Crippen molar-refractivity contribution < 1.29 is 0 Å². The Morgan fingerprint density at radius 1 is 1.14 bits per heavy atom. The number of rotatable bonds is 9. The van der Waals surface area contributed by atoms with Gasteiger partial charge in [0.25, 0.3) is 0 Å². The van der Waals surface area contributed by atoms with Crippen molar-refractivity contribution in [2.75, 3.05) is 11.4 Å². The Labute approximate surface area is 131 Å². The van der Waals surface area contributed by atoms with Crippen LogP contribution in [-0.4, -0.2) is 6.54 Å². The van der Waals surface area contributed by atoms with E-state index in [0.717, 1.165) is 24.8 Å². The summed E-state index contributed by atoms with van der Waals surface area (Å²) in [6.45, 7) is 7.20. The van der Waals surface area contributed by atoms with E-state index in [-0.39, 0.29) is 10.9 Å². The minimum atomic E-state index is -0.328. The van der Waals surface area contributed by atoms with E-state index in [1.165, 1.54) is 0 Å². The van der Waals surface area contributed by atoms with E-state index in [1.807, 2.05) is 41.3 Å². The third-order valence-electron chi connectivity index (χ3n) is 3.90. The molecule has 3 nitrogen and oxygen atoms in total. The van der Waals surface area contributed by atoms with Crippen molar-refractivity contribution in [3.63, 3.8) is 0 Å². The van der Waals surface area contributed by atoms with Crippen molar-refractivity contribution >= 4 is 5.69 Å². The summed E-state index contributed by atoms with van der Waals surface area (Å²) in [5.41, 5.74) is 1.86. The highest BCUT2D eigenvalue weighted by Crippen LogP contribution is 2.20. The Bertz CT molecular complexity index is 681. The SMILES string of the molecule is C=CCCN(Cc1ccccc1)c1c(CCCC)c(=O)c1=O. The van der Waals surface area contributed by atoms with Crippen molar-refractivity contribution in [1.82, 2.24) is 0 Å². The molecule has 0 aliphatic heterocycles. The lowest BCUT2D eigenvalue weighted by Crippen LogP contribution is -2.44. The second-order valence-corrected chi connectivity index (χ2v) is 5.57. The summed E-state index contributed by atoms with van der Waals surface area (Å²) in [7, 11) is 0. The monoisotopic (exact) mass is 297 g/mol. The fourth-order valence-corrected chi connectivity index (χ4v) is 2.67. The lowest BCUT2D eigenvalue weighted by atomic mass is 9.99. The van der Waals surface area contributed by atoms with Crippen LogP contribution in [0.3, 0.4) is 0 Å². The predicted molar refractivity (Wildman–Crippen MR) is 92.3 cm³/mol. The standard InChI is InChI=1S/C19H23NO2/c1-3-5-12-16-17(19(22)18(16)21)20(13-6-4-2)14-15-10-8-7-9-11-15/h4,7-11H,2-3,5-6,12-14H2,1H3. The van der Waals surface area contributed by atoms with Crippen LogP contribution in [0.15, 0.2) is 52.6 Å². The molecule has 0 saturated carbocycles. The Balaban J connectivity index is 2.25. The van der Waals surface area contributed by atoms with Gasteiger partial charge in [-0.1, -0.05) is 49.8 Å². The molecule has 22 heavy (non-hydrogen) atoms. The van der Waals surface area contributed by atoms with Gasteiger partial charge in [-0.3, -0.25) is 9.59 Å². The van der Waals surface area contributed by atoms with Gasteiger partial charge in [-0.05, 0) is 24.8 Å². The van der Waals surface area contributed by atoms with E-state index < -0.39 is 0 Å². The summed E-state index contributed by atoms with van der Waals surface area (Å²) in [6.07, 6.45) is 5.30. The van der Waals surface area contributed by atoms with Crippen LogP contribution in [0.5, 0.6) is 0 Å². The molecule has 0 atom stereocenters. The maximum atomic E-state index is 12.1. The molecule has 0 N–H and O–H groups in total. The molecule has 2 aromatic rings. The maximum Gasteiger partial charge on any atom is 0.249 e. The normalized spacial score (nSPS) is 10.8. The first-order valence-electron chi connectivity index (χ1n) is 7.91. The fraction of sp³-hybridized carbons (Fsp3) is 0.368. The van der Waals surface area contributed by atoms with Gasteiger partial charge in [0.1, 0.15) is 0 Å². The highest BCUT2D eigenvalue weighted by molar-refractivity contribution is 5.59. The zero-order chi connectivity index (χ0) is 15.9. The number of anilines is 1. The van der Waals surface area contributed by atoms with Crippen molar-refractivity contribution in [2.24, 2.45) is 0 Å². The lowest BCUT2D eigenvalue weighted by molar-refractivity contribution is 0.746. The number of nitrogens with zero attached hydrogens (tertiary/aromatic N) is 1. The minimum absolute atomic E-state index is 0.292. The summed E-state index contributed by atoms with van der Waals surface area (Å²) >= 11 is 0. The summed E-state index contributed by atoms with van der Waals surface area (Å²) in [5.74, 6) is 0. The van der Waals surface area contributed by atoms with Crippen molar-refractivity contribution in [2.45, 2.75) is 39.2 Å². The summed E-state index contributed by atoms with van der Waals surface area (Å²) in [6, 6.07) is 10.0. The van der Waals surface area contributed by atoms with Crippen molar-refractivity contribution in [1.29, 1.82) is 0 Å². The van der Waals surface area contributed by atoms with Gasteiger partial charge >= 0.3 is 0 Å². The fourth-order valence-electron chi connectivity index (χ4n) is 2.67. The molecule has 0 spiro atoms. The number of unbranched alkanes of at least 4 members (excludes halogenated alkanes) is 1. The second kappa shape index (κ2) is 7.74. The van der Waals surface area contributed by atoms with Crippen LogP contribution in [0.2, 0.25) is 0 Å². The molecule has 0 aromatic heterocycles. The van der Waals surface area contributed by atoms with Crippen LogP contribution in [0, 0.1) is 0 Å². The highest BCUT2D eigenvalue weighted by Gasteiger charge is 2.24. The van der Waals surface area contributed by atoms with Gasteiger partial charge in [-0.2, -0.15) is 0 Å². The summed E-state index contributed by atoms with van der Waals surface area (Å²) < 4.78 is 0. The van der Waals surface area contributed by atoms with Crippen LogP contribution in [0.1, 0.15) is 37.3 Å². The van der Waals surface area contributed by atoms with E-state index >= 15 is 0 Å². The quantitative estimate of drug-likeness (QED) is 0.527. The van der Waals surface area contributed by atoms with Gasteiger partial charge in [0.05, 0.1) is 5.69 Å². The predicted octanol–water partition coefficient (Wildman–Crippen LogP) is 3.21. The van der Waals surface area contributed by atoms with Gasteiger partial charge in [0, 0.05) is 18.7 Å². The van der Waals surface area contributed by atoms with Gasteiger partial charge in [-0.15, -0.1) is 6.58 Å². The first kappa shape index (κ1) is 16.2. The van der Waals surface area contributed by atoms with E-state index in [0.29, 0.717) is 30.8 Å². The molecule has 116 valence electrons. The first-order chi connectivity index (χ1) is 10.7. The third kappa shape index (κ3) is 3.53. The van der Waals surface area contributed by atoms with E-state index in [2.05, 4.69) is 13.5 Å². The van der Waals surface area contributed by atoms with Crippen molar-refractivity contribution in [3.05, 3.63) is 74.6 Å². The number of benzene rings is 1. The highest BCUT2D eigenvalue weighted by atomic mass is 16.2. The van der Waals surface area contributed by atoms with Crippen molar-refractivity contribution in [3.8, 4) is 0 Å². The molecule has 2 aromatic carbocycles. The molecular formula is C19H23NO2. The van der Waals surface area contributed by atoms with Gasteiger partial charge in [0.15, 0.2) is 0 Å². The topological polar surface area (TPSA) is 37.4 Å². The zero-order valence-electron chi connectivity index (χ0n) is 13.2.